The van der Waals surface area contributed by atoms with Gasteiger partial charge in [-0.05, 0) is 50.1 Å². The summed E-state index contributed by atoms with van der Waals surface area (Å²) in [6.07, 6.45) is 3.22. The van der Waals surface area contributed by atoms with E-state index in [1.54, 1.807) is 36.7 Å². The van der Waals surface area contributed by atoms with Crippen LogP contribution in [0.3, 0.4) is 0 Å². The van der Waals surface area contributed by atoms with Gasteiger partial charge in [-0.1, -0.05) is 11.2 Å². The van der Waals surface area contributed by atoms with Gasteiger partial charge in [0.1, 0.15) is 11.5 Å². The molecule has 5 nitrogen and oxygen atoms in total. The van der Waals surface area contributed by atoms with E-state index in [0.29, 0.717) is 21.5 Å². The van der Waals surface area contributed by atoms with Gasteiger partial charge in [0.05, 0.1) is 11.8 Å². The number of ether oxygens (including phenoxy) is 1. The first kappa shape index (κ1) is 13.8. The molecule has 2 rings (SSSR count). The zero-order valence-electron chi connectivity index (χ0n) is 9.55. The highest BCUT2D eigenvalue weighted by Crippen LogP contribution is 2.31. The molecule has 0 atom stereocenters. The molecule has 1 aromatic heterocycles. The minimum atomic E-state index is -0.0366. The second kappa shape index (κ2) is 6.03. The zero-order valence-corrected chi connectivity index (χ0v) is 12.7. The molecule has 3 N–H and O–H groups in total. The Morgan fingerprint density at radius 2 is 2.11 bits per heavy atom. The second-order valence-corrected chi connectivity index (χ2v) is 5.31. The lowest BCUT2D eigenvalue weighted by Gasteiger charge is -2.11. The van der Waals surface area contributed by atoms with Crippen molar-refractivity contribution < 1.29 is 9.94 Å². The largest absolute Gasteiger partial charge is 0.455 e. The summed E-state index contributed by atoms with van der Waals surface area (Å²) in [4.78, 5) is 4.00. The van der Waals surface area contributed by atoms with Gasteiger partial charge >= 0.3 is 0 Å². The Balaban J connectivity index is 2.43. The summed E-state index contributed by atoms with van der Waals surface area (Å²) in [7, 11) is 0. The van der Waals surface area contributed by atoms with Gasteiger partial charge < -0.3 is 15.7 Å². The molecule has 0 saturated carbocycles. The first-order valence-corrected chi connectivity index (χ1v) is 6.75. The lowest BCUT2D eigenvalue weighted by molar-refractivity contribution is 0.318. The van der Waals surface area contributed by atoms with Gasteiger partial charge in [-0.3, -0.25) is 4.98 Å². The first-order valence-electron chi connectivity index (χ1n) is 5.16. The molecule has 0 aliphatic heterocycles. The maximum atomic E-state index is 8.81. The van der Waals surface area contributed by atoms with Gasteiger partial charge in [-0.15, -0.1) is 0 Å². The molecular formula is C12H9Br2N3O2. The van der Waals surface area contributed by atoms with E-state index in [1.807, 2.05) is 0 Å². The van der Waals surface area contributed by atoms with Gasteiger partial charge in [0.25, 0.3) is 0 Å². The standard InChI is InChI=1S/C12H9Br2N3O2/c13-7-4-8(6-16-5-7)19-10-3-1-2-9(14)11(10)12(15)17-18/h1-6,18H,(H2,15,17). The van der Waals surface area contributed by atoms with Crippen molar-refractivity contribution in [2.75, 3.05) is 0 Å². The molecule has 2 aromatic rings. The van der Waals surface area contributed by atoms with Crippen molar-refractivity contribution in [2.45, 2.75) is 0 Å². The van der Waals surface area contributed by atoms with Crippen molar-refractivity contribution in [1.82, 2.24) is 4.98 Å². The van der Waals surface area contributed by atoms with E-state index in [4.69, 9.17) is 15.7 Å². The Hall–Kier alpha value is -1.60. The highest BCUT2D eigenvalue weighted by Gasteiger charge is 2.13. The monoisotopic (exact) mass is 385 g/mol. The minimum Gasteiger partial charge on any atom is -0.455 e. The van der Waals surface area contributed by atoms with E-state index in [2.05, 4.69) is 42.0 Å². The number of benzene rings is 1. The summed E-state index contributed by atoms with van der Waals surface area (Å²) in [5.41, 5.74) is 6.12. The molecule has 19 heavy (non-hydrogen) atoms. The number of halogens is 2. The number of nitrogens with two attached hydrogens (primary N) is 1. The van der Waals surface area contributed by atoms with Crippen LogP contribution in [0.1, 0.15) is 5.56 Å². The third-order valence-electron chi connectivity index (χ3n) is 2.25. The molecule has 0 unspecified atom stereocenters. The number of hydrogen-bond acceptors (Lipinski definition) is 4. The Labute approximate surface area is 126 Å². The van der Waals surface area contributed by atoms with E-state index in [1.165, 1.54) is 0 Å². The van der Waals surface area contributed by atoms with Gasteiger partial charge in [0, 0.05) is 15.1 Å². The van der Waals surface area contributed by atoms with Gasteiger partial charge in [0.15, 0.2) is 5.84 Å². The molecule has 0 spiro atoms. The van der Waals surface area contributed by atoms with Gasteiger partial charge in [-0.2, -0.15) is 0 Å². The molecule has 0 bridgehead atoms. The van der Waals surface area contributed by atoms with Crippen LogP contribution in [0.25, 0.3) is 0 Å². The van der Waals surface area contributed by atoms with Crippen LogP contribution >= 0.6 is 31.9 Å². The van der Waals surface area contributed by atoms with Crippen molar-refractivity contribution in [1.29, 1.82) is 0 Å². The number of pyridine rings is 1. The van der Waals surface area contributed by atoms with Crippen LogP contribution in [0.15, 0.2) is 50.8 Å². The normalized spacial score (nSPS) is 11.4. The average Bonchev–Trinajstić information content (AvgIpc) is 2.38. The van der Waals surface area contributed by atoms with E-state index in [-0.39, 0.29) is 5.84 Å². The van der Waals surface area contributed by atoms with E-state index in [0.717, 1.165) is 4.47 Å². The van der Waals surface area contributed by atoms with E-state index < -0.39 is 0 Å². The van der Waals surface area contributed by atoms with Crippen LogP contribution in [-0.4, -0.2) is 16.0 Å². The molecule has 0 aliphatic rings. The number of hydrogen-bond donors (Lipinski definition) is 2. The summed E-state index contributed by atoms with van der Waals surface area (Å²) in [6, 6.07) is 7.06. The zero-order chi connectivity index (χ0) is 13.8. The van der Waals surface area contributed by atoms with Crippen LogP contribution in [0.5, 0.6) is 11.5 Å². The third kappa shape index (κ3) is 3.24. The number of aromatic nitrogens is 1. The summed E-state index contributed by atoms with van der Waals surface area (Å²) < 4.78 is 7.17. The van der Waals surface area contributed by atoms with Crippen LogP contribution in [-0.2, 0) is 0 Å². The van der Waals surface area contributed by atoms with Gasteiger partial charge in [0.2, 0.25) is 0 Å². The van der Waals surface area contributed by atoms with Crippen molar-refractivity contribution >= 4 is 37.7 Å². The number of nitrogens with zero attached hydrogens (tertiary/aromatic N) is 2. The number of amidine groups is 1. The predicted octanol–water partition coefficient (Wildman–Crippen LogP) is 3.49. The Morgan fingerprint density at radius 1 is 1.32 bits per heavy atom. The fourth-order valence-electron chi connectivity index (χ4n) is 1.46. The summed E-state index contributed by atoms with van der Waals surface area (Å²) in [6.45, 7) is 0. The first-order chi connectivity index (χ1) is 9.11. The fraction of sp³-hybridized carbons (Fsp3) is 0. The number of rotatable bonds is 3. The molecule has 98 valence electrons. The van der Waals surface area contributed by atoms with Crippen LogP contribution in [0.2, 0.25) is 0 Å². The smallest absolute Gasteiger partial charge is 0.175 e. The molecule has 0 fully saturated rings. The Bertz CT molecular complexity index is 632. The molecule has 0 saturated heterocycles. The Kier molecular flexibility index (Phi) is 4.39. The van der Waals surface area contributed by atoms with Crippen molar-refractivity contribution in [3.05, 3.63) is 51.2 Å². The molecule has 0 amide bonds. The highest BCUT2D eigenvalue weighted by molar-refractivity contribution is 9.10. The minimum absolute atomic E-state index is 0.0366. The van der Waals surface area contributed by atoms with Crippen LogP contribution < -0.4 is 10.5 Å². The average molecular weight is 387 g/mol. The highest BCUT2D eigenvalue weighted by atomic mass is 79.9. The van der Waals surface area contributed by atoms with Crippen molar-refractivity contribution in [3.63, 3.8) is 0 Å². The molecular weight excluding hydrogens is 378 g/mol. The lowest BCUT2D eigenvalue weighted by atomic mass is 10.2. The van der Waals surface area contributed by atoms with E-state index in [9.17, 15) is 0 Å². The second-order valence-electron chi connectivity index (χ2n) is 3.54. The molecule has 1 aromatic carbocycles. The summed E-state index contributed by atoms with van der Waals surface area (Å²) in [5, 5.41) is 11.8. The quantitative estimate of drug-likeness (QED) is 0.366. The fourth-order valence-corrected chi connectivity index (χ4v) is 2.36. The molecule has 7 heteroatoms. The van der Waals surface area contributed by atoms with Gasteiger partial charge in [-0.25, -0.2) is 0 Å². The van der Waals surface area contributed by atoms with E-state index >= 15 is 0 Å². The van der Waals surface area contributed by atoms with Crippen molar-refractivity contribution in [3.8, 4) is 11.5 Å². The predicted molar refractivity (Wildman–Crippen MR) is 78.7 cm³/mol. The number of oxime groups is 1. The summed E-state index contributed by atoms with van der Waals surface area (Å²) >= 11 is 6.65. The Morgan fingerprint density at radius 3 is 2.79 bits per heavy atom. The molecule has 0 radical (unpaired) electrons. The molecule has 0 aliphatic carbocycles. The van der Waals surface area contributed by atoms with Crippen LogP contribution in [0, 0.1) is 0 Å². The molecule has 1 heterocycles. The maximum absolute atomic E-state index is 8.81. The lowest BCUT2D eigenvalue weighted by Crippen LogP contribution is -2.15. The summed E-state index contributed by atoms with van der Waals surface area (Å²) in [5.74, 6) is 0.967. The third-order valence-corrected chi connectivity index (χ3v) is 3.34. The SMILES string of the molecule is N/C(=N/O)c1c(Br)cccc1Oc1cncc(Br)c1. The topological polar surface area (TPSA) is 80.7 Å². The maximum Gasteiger partial charge on any atom is 0.175 e. The van der Waals surface area contributed by atoms with Crippen molar-refractivity contribution in [2.24, 2.45) is 10.9 Å². The van der Waals surface area contributed by atoms with Crippen LogP contribution in [0.4, 0.5) is 0 Å².